The Balaban J connectivity index is 1.77. The summed E-state index contributed by atoms with van der Waals surface area (Å²) in [4.78, 5) is 23.6. The molecule has 2 aromatic carbocycles. The lowest BCUT2D eigenvalue weighted by Gasteiger charge is -2.21. The molecule has 0 atom stereocenters. The number of fused-ring (bicyclic) bond motifs is 1. The van der Waals surface area contributed by atoms with E-state index in [1.807, 2.05) is 30.3 Å². The van der Waals surface area contributed by atoms with Crippen LogP contribution in [0.15, 0.2) is 42.5 Å². The molecule has 0 spiro atoms. The second-order valence-corrected chi connectivity index (χ2v) is 5.88. The first-order chi connectivity index (χ1) is 12.1. The zero-order valence-corrected chi connectivity index (χ0v) is 13.9. The molecule has 6 nitrogen and oxygen atoms in total. The van der Waals surface area contributed by atoms with E-state index in [0.29, 0.717) is 17.0 Å². The van der Waals surface area contributed by atoms with Gasteiger partial charge < -0.3 is 21.1 Å². The molecule has 1 aliphatic heterocycles. The molecule has 3 rings (SSSR count). The molecule has 6 heteroatoms. The van der Waals surface area contributed by atoms with Gasteiger partial charge in [0, 0.05) is 17.8 Å². The number of carbonyl (C=O) groups is 2. The summed E-state index contributed by atoms with van der Waals surface area (Å²) < 4.78 is 5.57. The first-order valence-electron chi connectivity index (χ1n) is 8.32. The first-order valence-corrected chi connectivity index (χ1v) is 8.32. The number of ether oxygens (including phenoxy) is 1. The van der Waals surface area contributed by atoms with Crippen LogP contribution in [0, 0.1) is 0 Å². The van der Waals surface area contributed by atoms with Crippen LogP contribution in [0.5, 0.6) is 5.75 Å². The van der Waals surface area contributed by atoms with E-state index in [1.165, 1.54) is 0 Å². The van der Waals surface area contributed by atoms with Gasteiger partial charge in [0.1, 0.15) is 5.75 Å². The van der Waals surface area contributed by atoms with E-state index >= 15 is 0 Å². The number of para-hydroxylation sites is 2. The number of primary amides is 1. The molecule has 2 amide bonds. The highest BCUT2D eigenvalue weighted by Crippen LogP contribution is 2.28. The Labute approximate surface area is 146 Å². The van der Waals surface area contributed by atoms with Crippen molar-refractivity contribution in [1.29, 1.82) is 0 Å². The molecule has 130 valence electrons. The maximum atomic E-state index is 12.8. The maximum absolute atomic E-state index is 12.8. The van der Waals surface area contributed by atoms with Gasteiger partial charge in [0.15, 0.2) is 0 Å². The monoisotopic (exact) mass is 339 g/mol. The Morgan fingerprint density at radius 3 is 2.84 bits per heavy atom. The molecular formula is C19H21N3O3. The Bertz CT molecular complexity index is 789. The van der Waals surface area contributed by atoms with Gasteiger partial charge in [-0.2, -0.15) is 0 Å². The molecule has 25 heavy (non-hydrogen) atoms. The SMILES string of the molecule is NC(=O)CCOc1ccccc1NC(=O)c1cccc2c1CCCN2. The summed E-state index contributed by atoms with van der Waals surface area (Å²) in [6.07, 6.45) is 2.01. The number of rotatable bonds is 6. The van der Waals surface area contributed by atoms with Gasteiger partial charge in [0.2, 0.25) is 5.91 Å². The van der Waals surface area contributed by atoms with Crippen LogP contribution in [0.3, 0.4) is 0 Å². The number of benzene rings is 2. The highest BCUT2D eigenvalue weighted by Gasteiger charge is 2.18. The molecule has 0 aromatic heterocycles. The van der Waals surface area contributed by atoms with E-state index in [4.69, 9.17) is 10.5 Å². The van der Waals surface area contributed by atoms with Crippen molar-refractivity contribution in [2.75, 3.05) is 23.8 Å². The number of nitrogens with one attached hydrogen (secondary N) is 2. The predicted octanol–water partition coefficient (Wildman–Crippen LogP) is 2.55. The number of hydrogen-bond acceptors (Lipinski definition) is 4. The molecule has 0 saturated carbocycles. The number of nitrogens with two attached hydrogens (primary N) is 1. The Kier molecular flexibility index (Phi) is 5.18. The van der Waals surface area contributed by atoms with Crippen LogP contribution in [0.1, 0.15) is 28.8 Å². The Hall–Kier alpha value is -3.02. The van der Waals surface area contributed by atoms with Gasteiger partial charge in [-0.1, -0.05) is 18.2 Å². The number of amides is 2. The van der Waals surface area contributed by atoms with Crippen molar-refractivity contribution in [1.82, 2.24) is 0 Å². The van der Waals surface area contributed by atoms with Crippen molar-refractivity contribution < 1.29 is 14.3 Å². The molecule has 0 saturated heterocycles. The fourth-order valence-electron chi connectivity index (χ4n) is 2.87. The van der Waals surface area contributed by atoms with E-state index in [0.717, 1.165) is 30.6 Å². The molecule has 4 N–H and O–H groups in total. The Morgan fingerprint density at radius 1 is 1.16 bits per heavy atom. The topological polar surface area (TPSA) is 93.5 Å². The van der Waals surface area contributed by atoms with Gasteiger partial charge in [0.25, 0.3) is 5.91 Å². The molecule has 1 heterocycles. The summed E-state index contributed by atoms with van der Waals surface area (Å²) in [5, 5.41) is 6.23. The van der Waals surface area contributed by atoms with Crippen LogP contribution in [-0.4, -0.2) is 25.0 Å². The average molecular weight is 339 g/mol. The molecule has 1 aliphatic rings. The van der Waals surface area contributed by atoms with Crippen molar-refractivity contribution in [3.63, 3.8) is 0 Å². The smallest absolute Gasteiger partial charge is 0.256 e. The summed E-state index contributed by atoms with van der Waals surface area (Å²) >= 11 is 0. The summed E-state index contributed by atoms with van der Waals surface area (Å²) in [6.45, 7) is 1.10. The van der Waals surface area contributed by atoms with E-state index in [9.17, 15) is 9.59 Å². The highest BCUT2D eigenvalue weighted by molar-refractivity contribution is 6.07. The summed E-state index contributed by atoms with van der Waals surface area (Å²) in [5.74, 6) is -0.0866. The zero-order chi connectivity index (χ0) is 17.6. The Morgan fingerprint density at radius 2 is 2.00 bits per heavy atom. The van der Waals surface area contributed by atoms with Crippen LogP contribution in [0.2, 0.25) is 0 Å². The summed E-state index contributed by atoms with van der Waals surface area (Å²) in [7, 11) is 0. The second-order valence-electron chi connectivity index (χ2n) is 5.88. The predicted molar refractivity (Wildman–Crippen MR) is 97.0 cm³/mol. The largest absolute Gasteiger partial charge is 0.491 e. The molecular weight excluding hydrogens is 318 g/mol. The minimum atomic E-state index is -0.426. The third-order valence-electron chi connectivity index (χ3n) is 4.08. The first kappa shape index (κ1) is 16.8. The quantitative estimate of drug-likeness (QED) is 0.754. The van der Waals surface area contributed by atoms with Crippen molar-refractivity contribution >= 4 is 23.2 Å². The van der Waals surface area contributed by atoms with Gasteiger partial charge in [-0.3, -0.25) is 9.59 Å². The van der Waals surface area contributed by atoms with Crippen LogP contribution < -0.4 is 21.1 Å². The zero-order valence-electron chi connectivity index (χ0n) is 13.9. The molecule has 0 unspecified atom stereocenters. The van der Waals surface area contributed by atoms with Crippen molar-refractivity contribution in [2.45, 2.75) is 19.3 Å². The van der Waals surface area contributed by atoms with Gasteiger partial charge >= 0.3 is 0 Å². The van der Waals surface area contributed by atoms with Crippen LogP contribution >= 0.6 is 0 Å². The maximum Gasteiger partial charge on any atom is 0.256 e. The lowest BCUT2D eigenvalue weighted by atomic mass is 9.97. The van der Waals surface area contributed by atoms with Gasteiger partial charge in [-0.05, 0) is 42.7 Å². The van der Waals surface area contributed by atoms with E-state index in [1.54, 1.807) is 12.1 Å². The lowest BCUT2D eigenvalue weighted by molar-refractivity contribution is -0.118. The minimum absolute atomic E-state index is 0.125. The van der Waals surface area contributed by atoms with E-state index < -0.39 is 5.91 Å². The van der Waals surface area contributed by atoms with Crippen LogP contribution in [0.25, 0.3) is 0 Å². The van der Waals surface area contributed by atoms with Crippen LogP contribution in [0.4, 0.5) is 11.4 Å². The molecule has 0 fully saturated rings. The number of carbonyl (C=O) groups excluding carboxylic acids is 2. The minimum Gasteiger partial charge on any atom is -0.491 e. The summed E-state index contributed by atoms with van der Waals surface area (Å²) in [6, 6.07) is 12.8. The van der Waals surface area contributed by atoms with Gasteiger partial charge in [-0.25, -0.2) is 0 Å². The molecule has 0 radical (unpaired) electrons. The fraction of sp³-hybridized carbons (Fsp3) is 0.263. The van der Waals surface area contributed by atoms with Crippen molar-refractivity contribution in [3.05, 3.63) is 53.6 Å². The van der Waals surface area contributed by atoms with Gasteiger partial charge in [0.05, 0.1) is 18.7 Å². The average Bonchev–Trinajstić information content (AvgIpc) is 2.62. The third-order valence-corrected chi connectivity index (χ3v) is 4.08. The normalized spacial score (nSPS) is 12.6. The molecule has 2 aromatic rings. The van der Waals surface area contributed by atoms with Crippen molar-refractivity contribution in [3.8, 4) is 5.75 Å². The molecule has 0 aliphatic carbocycles. The van der Waals surface area contributed by atoms with E-state index in [-0.39, 0.29) is 18.9 Å². The molecule has 0 bridgehead atoms. The standard InChI is InChI=1S/C19H21N3O3/c20-18(23)10-12-25-17-9-2-1-7-16(17)22-19(24)14-5-3-8-15-13(14)6-4-11-21-15/h1-3,5,7-9,21H,4,6,10-12H2,(H2,20,23)(H,22,24). The number of hydrogen-bond donors (Lipinski definition) is 3. The third kappa shape index (κ3) is 4.09. The van der Waals surface area contributed by atoms with E-state index in [2.05, 4.69) is 10.6 Å². The van der Waals surface area contributed by atoms with Crippen LogP contribution in [-0.2, 0) is 11.2 Å². The summed E-state index contributed by atoms with van der Waals surface area (Å²) in [5.41, 5.74) is 8.41. The van der Waals surface area contributed by atoms with Crippen molar-refractivity contribution in [2.24, 2.45) is 5.73 Å². The lowest BCUT2D eigenvalue weighted by Crippen LogP contribution is -2.20. The number of anilines is 2. The van der Waals surface area contributed by atoms with Gasteiger partial charge in [-0.15, -0.1) is 0 Å². The highest BCUT2D eigenvalue weighted by atomic mass is 16.5. The fourth-order valence-corrected chi connectivity index (χ4v) is 2.87. The second kappa shape index (κ2) is 7.70.